The highest BCUT2D eigenvalue weighted by Gasteiger charge is 2.54. The number of aliphatic hydroxyl groups excluding tert-OH is 4. The van der Waals surface area contributed by atoms with Gasteiger partial charge in [-0.2, -0.15) is 13.5 Å². The molecule has 1 rings (SSSR count). The summed E-state index contributed by atoms with van der Waals surface area (Å²) < 4.78 is 48.3. The minimum Gasteiger partial charge on any atom is -0.456 e. The lowest BCUT2D eigenvalue weighted by atomic mass is 9.85. The first-order valence-corrected chi connectivity index (χ1v) is 20.5. The topological polar surface area (TPSA) is 256 Å². The van der Waals surface area contributed by atoms with Crippen LogP contribution in [0.5, 0.6) is 0 Å². The molecule has 7 N–H and O–H groups in total. The van der Waals surface area contributed by atoms with E-state index < -0.39 is 83.5 Å². The van der Waals surface area contributed by atoms with Crippen LogP contribution in [0, 0.1) is 47.4 Å². The minimum absolute atomic E-state index is 0. The predicted octanol–water partition coefficient (Wildman–Crippen LogP) is 4.23. The summed E-state index contributed by atoms with van der Waals surface area (Å²) in [5, 5.41) is 40.8. The number of hydrogen-bond acceptors (Lipinski definition) is 13. The Hall–Kier alpha value is -2.41. The van der Waals surface area contributed by atoms with Crippen molar-refractivity contribution in [2.45, 2.75) is 146 Å². The van der Waals surface area contributed by atoms with Crippen molar-refractivity contribution in [3.63, 3.8) is 0 Å². The standard InChI is InChI=1S/C35H52O16P2.H2S.7H2/c1-3-5-7-9-11-12-13-14-15-16-18-20-22-24-29(37)49-27(25-47-28(36)23-21-19-17-10-8-6-4-2)26-48-53(45,46)51-35-32(40)30(38)31(39)34(33(35)41)50-52(42,43)44;;;;;;;;/h27,30-35,38-41H,3,5,7,9,11-16,18,20,22,24-26H2,1-2H3,(H,45,46)(H2,42,43,44);1H2;7*1H/t27-,30+,31?,32?,33?,34-,35?;;;;;;;;/m1......../s1. The molecule has 0 radical (unpaired) electrons. The van der Waals surface area contributed by atoms with Crippen molar-refractivity contribution in [2.24, 2.45) is 0 Å². The van der Waals surface area contributed by atoms with Crippen LogP contribution in [0.2, 0.25) is 0 Å². The van der Waals surface area contributed by atoms with E-state index >= 15 is 0 Å². The van der Waals surface area contributed by atoms with E-state index in [2.05, 4.69) is 58.8 Å². The van der Waals surface area contributed by atoms with Crippen molar-refractivity contribution in [3.05, 3.63) is 0 Å². The van der Waals surface area contributed by atoms with E-state index in [9.17, 15) is 44.0 Å². The molecule has 0 amide bonds. The molecule has 8 atom stereocenters. The molecule has 1 saturated carbocycles. The van der Waals surface area contributed by atoms with Gasteiger partial charge in [0.2, 0.25) is 0 Å². The number of rotatable bonds is 24. The van der Waals surface area contributed by atoms with E-state index in [1.165, 1.54) is 44.9 Å². The maximum Gasteiger partial charge on any atom is 0.472 e. The van der Waals surface area contributed by atoms with Crippen LogP contribution in [0.1, 0.15) is 114 Å². The van der Waals surface area contributed by atoms with Gasteiger partial charge in [0.25, 0.3) is 0 Å². The fourth-order valence-corrected chi connectivity index (χ4v) is 6.61. The van der Waals surface area contributed by atoms with Gasteiger partial charge in [-0.3, -0.25) is 18.4 Å². The third-order valence-corrected chi connectivity index (χ3v) is 9.27. The van der Waals surface area contributed by atoms with Gasteiger partial charge in [0.15, 0.2) is 6.10 Å². The van der Waals surface area contributed by atoms with Crippen LogP contribution in [0.4, 0.5) is 0 Å². The Labute approximate surface area is 334 Å². The fraction of sp³-hybridized carbons (Fsp3) is 0.714. The van der Waals surface area contributed by atoms with Gasteiger partial charge in [0, 0.05) is 22.3 Å². The van der Waals surface area contributed by atoms with Crippen molar-refractivity contribution in [3.8, 4) is 47.4 Å². The van der Waals surface area contributed by atoms with E-state index in [-0.39, 0.29) is 29.9 Å². The number of carbonyl (C=O) groups excluding carboxylic acids is 2. The van der Waals surface area contributed by atoms with Crippen molar-refractivity contribution < 1.29 is 86.9 Å². The molecule has 1 aliphatic rings. The molecule has 19 heteroatoms. The largest absolute Gasteiger partial charge is 0.472 e. The molecular weight excluding hydrogens is 770 g/mol. The number of phosphoric ester groups is 2. The molecule has 0 bridgehead atoms. The quantitative estimate of drug-likeness (QED) is 0.0236. The second-order valence-corrected chi connectivity index (χ2v) is 14.8. The summed E-state index contributed by atoms with van der Waals surface area (Å²) in [4.78, 5) is 53.2. The number of phosphoric acid groups is 2. The molecule has 0 aromatic heterocycles. The van der Waals surface area contributed by atoms with Crippen molar-refractivity contribution in [1.82, 2.24) is 0 Å². The number of hydrogen-bond donors (Lipinski definition) is 7. The highest BCUT2D eigenvalue weighted by atomic mass is 32.1. The monoisotopic (exact) mass is 838 g/mol. The number of esters is 2. The first-order valence-electron chi connectivity index (χ1n) is 17.5. The van der Waals surface area contributed by atoms with Crippen LogP contribution in [0.3, 0.4) is 0 Å². The molecular formula is C35H68O16P2S. The Kier molecular flexibility index (Phi) is 27.6. The van der Waals surface area contributed by atoms with Crippen LogP contribution in [-0.4, -0.2) is 103 Å². The molecule has 1 aliphatic carbocycles. The summed E-state index contributed by atoms with van der Waals surface area (Å²) in [6, 6.07) is 0. The number of carbonyl (C=O) groups is 2. The maximum atomic E-state index is 12.8. The summed E-state index contributed by atoms with van der Waals surface area (Å²) in [7, 11) is -10.7. The van der Waals surface area contributed by atoms with E-state index in [1.807, 2.05) is 0 Å². The Morgan fingerprint density at radius 2 is 1.15 bits per heavy atom. The lowest BCUT2D eigenvalue weighted by Crippen LogP contribution is -2.64. The van der Waals surface area contributed by atoms with Gasteiger partial charge >= 0.3 is 27.6 Å². The van der Waals surface area contributed by atoms with Crippen LogP contribution in [0.15, 0.2) is 0 Å². The zero-order valence-corrected chi connectivity index (χ0v) is 33.3. The van der Waals surface area contributed by atoms with Gasteiger partial charge < -0.3 is 44.6 Å². The highest BCUT2D eigenvalue weighted by molar-refractivity contribution is 7.59. The molecule has 320 valence electrons. The SMILES string of the molecule is CC#CC#CC#CC#CC(=O)OC[C@H](COP(=O)(O)OC1C(O)[C@@H](O)C(O)[C@@H](OP(=O)(O)O)C1O)OC(=O)CCCCCCCCCCCCCCC.S.[HH].[HH].[HH].[HH].[HH].[HH].[HH]. The van der Waals surface area contributed by atoms with Gasteiger partial charge in [-0.15, -0.1) is 0 Å². The predicted molar refractivity (Wildman–Crippen MR) is 215 cm³/mol. The third-order valence-electron chi connectivity index (χ3n) is 7.77. The van der Waals surface area contributed by atoms with Crippen LogP contribution in [-0.2, 0) is 41.8 Å². The Bertz CT molecular complexity index is 1510. The zero-order valence-electron chi connectivity index (χ0n) is 30.6. The van der Waals surface area contributed by atoms with Gasteiger partial charge in [-0.1, -0.05) is 89.9 Å². The second-order valence-electron chi connectivity index (χ2n) is 12.2. The molecule has 0 aromatic rings. The van der Waals surface area contributed by atoms with E-state index in [4.69, 9.17) is 28.3 Å². The summed E-state index contributed by atoms with van der Waals surface area (Å²) in [6.45, 7) is 2.15. The first-order chi connectivity index (χ1) is 25.1. The number of ether oxygens (including phenoxy) is 2. The van der Waals surface area contributed by atoms with Gasteiger partial charge in [0.05, 0.1) is 6.61 Å². The Morgan fingerprint density at radius 3 is 1.67 bits per heavy atom. The van der Waals surface area contributed by atoms with Crippen LogP contribution < -0.4 is 0 Å². The normalized spacial score (nSPS) is 22.1. The fourth-order valence-electron chi connectivity index (χ4n) is 5.07. The number of aliphatic hydroxyl groups is 4. The number of unbranched alkanes of at least 4 members (excludes halogenated alkanes) is 12. The molecule has 1 fully saturated rings. The average Bonchev–Trinajstić information content (AvgIpc) is 3.10. The van der Waals surface area contributed by atoms with Crippen molar-refractivity contribution >= 4 is 41.1 Å². The molecule has 54 heavy (non-hydrogen) atoms. The highest BCUT2D eigenvalue weighted by Crippen LogP contribution is 2.49. The molecule has 0 saturated heterocycles. The van der Waals surface area contributed by atoms with Crippen molar-refractivity contribution in [1.29, 1.82) is 0 Å². The third kappa shape index (κ3) is 23.5. The van der Waals surface area contributed by atoms with E-state index in [0.717, 1.165) is 32.1 Å². The van der Waals surface area contributed by atoms with Crippen molar-refractivity contribution in [2.75, 3.05) is 13.2 Å². The van der Waals surface area contributed by atoms with Crippen LogP contribution >= 0.6 is 29.1 Å². The summed E-state index contributed by atoms with van der Waals surface area (Å²) >= 11 is 0. The minimum atomic E-state index is -5.38. The smallest absolute Gasteiger partial charge is 0.456 e. The van der Waals surface area contributed by atoms with Gasteiger partial charge in [-0.05, 0) is 48.9 Å². The maximum absolute atomic E-state index is 12.8. The average molecular weight is 839 g/mol. The Morgan fingerprint density at radius 1 is 0.667 bits per heavy atom. The summed E-state index contributed by atoms with van der Waals surface area (Å²) in [5.74, 6) is 16.9. The Balaban J connectivity index is -0.000000585. The molecule has 5 unspecified atom stereocenters. The first kappa shape index (κ1) is 51.6. The lowest BCUT2D eigenvalue weighted by Gasteiger charge is -2.43. The van der Waals surface area contributed by atoms with E-state index in [0.29, 0.717) is 6.42 Å². The molecule has 0 aromatic carbocycles. The lowest BCUT2D eigenvalue weighted by molar-refractivity contribution is -0.216. The molecule has 0 aliphatic heterocycles. The second kappa shape index (κ2) is 28.9. The molecule has 16 nitrogen and oxygen atoms in total. The summed E-state index contributed by atoms with van der Waals surface area (Å²) in [5.41, 5.74) is 0. The molecule has 0 spiro atoms. The summed E-state index contributed by atoms with van der Waals surface area (Å²) in [6.07, 6.45) is -0.866. The molecule has 0 heterocycles. The van der Waals surface area contributed by atoms with Gasteiger partial charge in [-0.25, -0.2) is 13.9 Å². The van der Waals surface area contributed by atoms with Gasteiger partial charge in [0.1, 0.15) is 43.2 Å². The van der Waals surface area contributed by atoms with E-state index in [1.54, 1.807) is 6.92 Å². The zero-order chi connectivity index (χ0) is 39.7. The van der Waals surface area contributed by atoms with Crippen LogP contribution in [0.25, 0.3) is 0 Å².